The fourth-order valence-electron chi connectivity index (χ4n) is 1.41. The van der Waals surface area contributed by atoms with E-state index in [4.69, 9.17) is 17.3 Å². The van der Waals surface area contributed by atoms with E-state index < -0.39 is 17.7 Å². The minimum atomic E-state index is -0.805. The van der Waals surface area contributed by atoms with Crippen molar-refractivity contribution in [2.75, 3.05) is 5.01 Å². The Morgan fingerprint density at radius 2 is 1.72 bits per heavy atom. The van der Waals surface area contributed by atoms with Gasteiger partial charge in [0.15, 0.2) is 0 Å². The zero-order valence-corrected chi connectivity index (χ0v) is 11.6. The number of amides is 3. The van der Waals surface area contributed by atoms with Crippen molar-refractivity contribution in [3.63, 3.8) is 0 Å². The Morgan fingerprint density at radius 3 is 2.11 bits per heavy atom. The van der Waals surface area contributed by atoms with Crippen LogP contribution in [0.4, 0.5) is 5.69 Å². The zero-order valence-electron chi connectivity index (χ0n) is 9.44. The third kappa shape index (κ3) is 2.59. The highest BCUT2D eigenvalue weighted by atomic mass is 127. The maximum absolute atomic E-state index is 11.4. The standard InChI is InChI=1S/C10H11IN4O3/c1-4(16)15(14)8-5(9(12)17)2-3-6(11)7(8)10(13)18/h2-3H,14H2,1H3,(H2,12,17)(H2,13,18). The van der Waals surface area contributed by atoms with Crippen molar-refractivity contribution in [3.8, 4) is 0 Å². The van der Waals surface area contributed by atoms with Crippen LogP contribution >= 0.6 is 22.6 Å². The summed E-state index contributed by atoms with van der Waals surface area (Å²) in [7, 11) is 0. The number of rotatable bonds is 3. The molecule has 96 valence electrons. The summed E-state index contributed by atoms with van der Waals surface area (Å²) in [5.74, 6) is 3.39. The van der Waals surface area contributed by atoms with E-state index in [1.165, 1.54) is 19.1 Å². The van der Waals surface area contributed by atoms with E-state index in [-0.39, 0.29) is 16.8 Å². The van der Waals surface area contributed by atoms with Crippen LogP contribution in [0.25, 0.3) is 0 Å². The number of nitrogens with two attached hydrogens (primary N) is 3. The van der Waals surface area contributed by atoms with Crippen LogP contribution in [0.1, 0.15) is 27.6 Å². The van der Waals surface area contributed by atoms with Crippen LogP contribution in [-0.4, -0.2) is 17.7 Å². The average molecular weight is 362 g/mol. The lowest BCUT2D eigenvalue weighted by atomic mass is 10.1. The van der Waals surface area contributed by atoms with Gasteiger partial charge < -0.3 is 11.5 Å². The lowest BCUT2D eigenvalue weighted by Gasteiger charge is -2.20. The van der Waals surface area contributed by atoms with Gasteiger partial charge in [0, 0.05) is 10.5 Å². The first-order chi connectivity index (χ1) is 8.27. The summed E-state index contributed by atoms with van der Waals surface area (Å²) < 4.78 is 0.469. The van der Waals surface area contributed by atoms with E-state index in [2.05, 4.69) is 0 Å². The Balaban J connectivity index is 3.69. The molecule has 18 heavy (non-hydrogen) atoms. The van der Waals surface area contributed by atoms with Crippen molar-refractivity contribution < 1.29 is 14.4 Å². The Bertz CT molecular complexity index is 544. The molecule has 0 spiro atoms. The predicted molar refractivity (Wildman–Crippen MR) is 73.5 cm³/mol. The van der Waals surface area contributed by atoms with Crippen LogP contribution in [-0.2, 0) is 4.79 Å². The maximum atomic E-state index is 11.4. The van der Waals surface area contributed by atoms with Gasteiger partial charge in [0.05, 0.1) is 16.8 Å². The number of nitrogens with zero attached hydrogens (tertiary/aromatic N) is 1. The number of primary amides is 2. The largest absolute Gasteiger partial charge is 0.366 e. The van der Waals surface area contributed by atoms with E-state index in [9.17, 15) is 14.4 Å². The molecule has 0 saturated carbocycles. The van der Waals surface area contributed by atoms with E-state index in [0.29, 0.717) is 8.58 Å². The number of hydrazine groups is 1. The highest BCUT2D eigenvalue weighted by Gasteiger charge is 2.24. The molecule has 1 rings (SSSR count). The Kier molecular flexibility index (Phi) is 4.24. The second kappa shape index (κ2) is 5.31. The minimum Gasteiger partial charge on any atom is -0.366 e. The number of carbonyl (C=O) groups excluding carboxylic acids is 3. The van der Waals surface area contributed by atoms with Crippen molar-refractivity contribution in [2.24, 2.45) is 17.3 Å². The fraction of sp³-hybridized carbons (Fsp3) is 0.100. The second-order valence-electron chi connectivity index (χ2n) is 3.44. The molecule has 0 aliphatic rings. The Labute approximate surface area is 116 Å². The Hall–Kier alpha value is -1.68. The van der Waals surface area contributed by atoms with Crippen molar-refractivity contribution in [3.05, 3.63) is 26.8 Å². The summed E-state index contributed by atoms with van der Waals surface area (Å²) in [5.41, 5.74) is 10.3. The molecule has 0 atom stereocenters. The number of anilines is 1. The number of hydrogen-bond donors (Lipinski definition) is 3. The van der Waals surface area contributed by atoms with E-state index in [1.807, 2.05) is 22.6 Å². The minimum absolute atomic E-state index is 0.00963. The number of carbonyl (C=O) groups is 3. The second-order valence-corrected chi connectivity index (χ2v) is 4.60. The molecule has 3 amide bonds. The topological polar surface area (TPSA) is 133 Å². The first kappa shape index (κ1) is 14.4. The van der Waals surface area contributed by atoms with Crippen molar-refractivity contribution in [1.29, 1.82) is 0 Å². The Morgan fingerprint density at radius 1 is 1.17 bits per heavy atom. The van der Waals surface area contributed by atoms with E-state index in [1.54, 1.807) is 0 Å². The van der Waals surface area contributed by atoms with Gasteiger partial charge in [0.25, 0.3) is 11.8 Å². The maximum Gasteiger partial charge on any atom is 0.251 e. The average Bonchev–Trinajstić information content (AvgIpc) is 2.26. The van der Waals surface area contributed by atoms with Gasteiger partial charge in [0.2, 0.25) is 5.91 Å². The molecule has 1 aromatic rings. The van der Waals surface area contributed by atoms with Crippen LogP contribution in [0, 0.1) is 3.57 Å². The first-order valence-corrected chi connectivity index (χ1v) is 5.82. The van der Waals surface area contributed by atoms with Crippen LogP contribution < -0.4 is 22.3 Å². The molecule has 0 heterocycles. The third-order valence-corrected chi connectivity index (χ3v) is 3.12. The van der Waals surface area contributed by atoms with Gasteiger partial charge >= 0.3 is 0 Å². The molecule has 0 aromatic heterocycles. The number of halogens is 1. The van der Waals surface area contributed by atoms with Gasteiger partial charge in [-0.15, -0.1) is 0 Å². The quantitative estimate of drug-likeness (QED) is 0.295. The molecule has 8 heteroatoms. The highest BCUT2D eigenvalue weighted by molar-refractivity contribution is 14.1. The zero-order chi connectivity index (χ0) is 14.0. The highest BCUT2D eigenvalue weighted by Crippen LogP contribution is 2.28. The monoisotopic (exact) mass is 362 g/mol. The summed E-state index contributed by atoms with van der Waals surface area (Å²) in [5, 5.41) is 0.683. The number of benzene rings is 1. The lowest BCUT2D eigenvalue weighted by Crippen LogP contribution is -2.39. The summed E-state index contributed by atoms with van der Waals surface area (Å²) in [6.07, 6.45) is 0. The van der Waals surface area contributed by atoms with Crippen LogP contribution in [0.2, 0.25) is 0 Å². The summed E-state index contributed by atoms with van der Waals surface area (Å²) in [4.78, 5) is 34.0. The van der Waals surface area contributed by atoms with Gasteiger partial charge in [-0.1, -0.05) is 0 Å². The lowest BCUT2D eigenvalue weighted by molar-refractivity contribution is -0.116. The fourth-order valence-corrected chi connectivity index (χ4v) is 2.11. The van der Waals surface area contributed by atoms with Gasteiger partial charge in [-0.05, 0) is 34.7 Å². The molecule has 0 radical (unpaired) electrons. The molecular weight excluding hydrogens is 351 g/mol. The van der Waals surface area contributed by atoms with Crippen LogP contribution in [0.15, 0.2) is 12.1 Å². The number of hydrogen-bond acceptors (Lipinski definition) is 4. The molecule has 6 N–H and O–H groups in total. The summed E-state index contributed by atoms with van der Waals surface area (Å²) in [6.45, 7) is 1.19. The molecule has 0 saturated heterocycles. The molecule has 0 aliphatic heterocycles. The van der Waals surface area contributed by atoms with Gasteiger partial charge in [-0.2, -0.15) is 0 Å². The van der Waals surface area contributed by atoms with Crippen LogP contribution in [0.3, 0.4) is 0 Å². The molecule has 0 fully saturated rings. The normalized spacial score (nSPS) is 9.94. The SMILES string of the molecule is CC(=O)N(N)c1c(C(N)=O)ccc(I)c1C(N)=O. The van der Waals surface area contributed by atoms with Gasteiger partial charge in [0.1, 0.15) is 0 Å². The van der Waals surface area contributed by atoms with Crippen LogP contribution in [0.5, 0.6) is 0 Å². The van der Waals surface area contributed by atoms with Crippen molar-refractivity contribution >= 4 is 46.0 Å². The molecular formula is C10H11IN4O3. The molecule has 1 aromatic carbocycles. The molecule has 0 aliphatic carbocycles. The molecule has 7 nitrogen and oxygen atoms in total. The van der Waals surface area contributed by atoms with Crippen molar-refractivity contribution in [2.45, 2.75) is 6.92 Å². The summed E-state index contributed by atoms with van der Waals surface area (Å²) >= 11 is 1.85. The van der Waals surface area contributed by atoms with E-state index >= 15 is 0 Å². The third-order valence-electron chi connectivity index (χ3n) is 2.22. The first-order valence-electron chi connectivity index (χ1n) is 4.74. The molecule has 0 unspecified atom stereocenters. The molecule has 0 bridgehead atoms. The smallest absolute Gasteiger partial charge is 0.251 e. The van der Waals surface area contributed by atoms with Gasteiger partial charge in [-0.25, -0.2) is 10.9 Å². The van der Waals surface area contributed by atoms with Crippen molar-refractivity contribution in [1.82, 2.24) is 0 Å². The predicted octanol–water partition coefficient (Wildman–Crippen LogP) is -0.284. The van der Waals surface area contributed by atoms with Gasteiger partial charge in [-0.3, -0.25) is 14.4 Å². The van der Waals surface area contributed by atoms with E-state index in [0.717, 1.165) is 0 Å². The summed E-state index contributed by atoms with van der Waals surface area (Å²) in [6, 6.07) is 2.88.